The van der Waals surface area contributed by atoms with Gasteiger partial charge in [0, 0.05) is 29.9 Å². The molecule has 5 heteroatoms. The minimum Gasteiger partial charge on any atom is -0.325 e. The fraction of sp³-hybridized carbons (Fsp3) is 0.182. The molecule has 0 saturated heterocycles. The molecule has 0 atom stereocenters. The summed E-state index contributed by atoms with van der Waals surface area (Å²) in [7, 11) is 0. The number of ketones is 1. The Bertz CT molecular complexity index is 482. The van der Waals surface area contributed by atoms with E-state index in [1.165, 1.54) is 11.3 Å². The molecule has 0 amide bonds. The van der Waals surface area contributed by atoms with Gasteiger partial charge in [-0.15, -0.1) is 11.3 Å². The van der Waals surface area contributed by atoms with Crippen molar-refractivity contribution >= 4 is 17.1 Å². The topological polar surface area (TPSA) is 68.9 Å². The maximum atomic E-state index is 11.9. The molecule has 0 aliphatic heterocycles. The minimum absolute atomic E-state index is 0.0482. The third-order valence-corrected chi connectivity index (χ3v) is 2.92. The molecule has 4 nitrogen and oxygen atoms in total. The highest BCUT2D eigenvalue weighted by Crippen LogP contribution is 2.10. The van der Waals surface area contributed by atoms with E-state index in [0.717, 1.165) is 10.7 Å². The fourth-order valence-electron chi connectivity index (χ4n) is 1.34. The van der Waals surface area contributed by atoms with Gasteiger partial charge in [-0.05, 0) is 12.1 Å². The SMILES string of the molecule is NCc1cc(C(=O)Cc2nccs2)ccn1. The first-order valence-electron chi connectivity index (χ1n) is 4.86. The van der Waals surface area contributed by atoms with E-state index in [1.54, 1.807) is 24.5 Å². The number of nitrogens with zero attached hydrogens (tertiary/aromatic N) is 2. The molecule has 0 unspecified atom stereocenters. The van der Waals surface area contributed by atoms with E-state index in [4.69, 9.17) is 5.73 Å². The van der Waals surface area contributed by atoms with Crippen molar-refractivity contribution in [1.82, 2.24) is 9.97 Å². The largest absolute Gasteiger partial charge is 0.325 e. The molecule has 0 fully saturated rings. The van der Waals surface area contributed by atoms with Crippen molar-refractivity contribution in [1.29, 1.82) is 0 Å². The van der Waals surface area contributed by atoms with Gasteiger partial charge in [-0.25, -0.2) is 4.98 Å². The van der Waals surface area contributed by atoms with E-state index in [9.17, 15) is 4.79 Å². The predicted octanol–water partition coefficient (Wildman–Crippen LogP) is 1.42. The summed E-state index contributed by atoms with van der Waals surface area (Å²) >= 11 is 1.48. The van der Waals surface area contributed by atoms with Crippen molar-refractivity contribution in [2.24, 2.45) is 5.73 Å². The normalized spacial score (nSPS) is 10.3. The van der Waals surface area contributed by atoms with Crippen molar-refractivity contribution < 1.29 is 4.79 Å². The summed E-state index contributed by atoms with van der Waals surface area (Å²) < 4.78 is 0. The summed E-state index contributed by atoms with van der Waals surface area (Å²) in [5, 5.41) is 2.69. The van der Waals surface area contributed by atoms with Crippen molar-refractivity contribution in [3.8, 4) is 0 Å². The molecule has 2 aromatic rings. The Kier molecular flexibility index (Phi) is 3.38. The number of carbonyl (C=O) groups is 1. The maximum Gasteiger partial charge on any atom is 0.169 e. The molecule has 2 N–H and O–H groups in total. The molecule has 0 saturated carbocycles. The molecule has 0 bridgehead atoms. The van der Waals surface area contributed by atoms with Gasteiger partial charge in [-0.2, -0.15) is 0 Å². The summed E-state index contributed by atoms with van der Waals surface area (Å²) in [4.78, 5) is 20.0. The molecule has 0 radical (unpaired) electrons. The molecule has 0 spiro atoms. The van der Waals surface area contributed by atoms with Crippen LogP contribution in [-0.2, 0) is 13.0 Å². The second-order valence-electron chi connectivity index (χ2n) is 3.27. The molecule has 82 valence electrons. The summed E-state index contributed by atoms with van der Waals surface area (Å²) in [5.41, 5.74) is 6.84. The summed E-state index contributed by atoms with van der Waals surface area (Å²) in [6, 6.07) is 3.44. The van der Waals surface area contributed by atoms with E-state index in [0.29, 0.717) is 18.5 Å². The Morgan fingerprint density at radius 1 is 1.38 bits per heavy atom. The number of hydrogen-bond donors (Lipinski definition) is 1. The number of aromatic nitrogens is 2. The predicted molar refractivity (Wildman–Crippen MR) is 62.3 cm³/mol. The van der Waals surface area contributed by atoms with Gasteiger partial charge in [0.25, 0.3) is 0 Å². The van der Waals surface area contributed by atoms with Crippen LogP contribution in [0.25, 0.3) is 0 Å². The zero-order valence-corrected chi connectivity index (χ0v) is 9.41. The highest BCUT2D eigenvalue weighted by atomic mass is 32.1. The van der Waals surface area contributed by atoms with Crippen molar-refractivity contribution in [3.63, 3.8) is 0 Å². The Morgan fingerprint density at radius 3 is 2.94 bits per heavy atom. The minimum atomic E-state index is 0.0482. The first-order chi connectivity index (χ1) is 7.79. The fourth-order valence-corrected chi connectivity index (χ4v) is 1.96. The quantitative estimate of drug-likeness (QED) is 0.811. The average Bonchev–Trinajstić information content (AvgIpc) is 2.82. The number of Topliss-reactive ketones (excluding diaryl/α,β-unsaturated/α-hetero) is 1. The number of nitrogens with two attached hydrogens (primary N) is 1. The van der Waals surface area contributed by atoms with Crippen molar-refractivity contribution in [2.45, 2.75) is 13.0 Å². The second-order valence-corrected chi connectivity index (χ2v) is 4.24. The lowest BCUT2D eigenvalue weighted by Gasteiger charge is -2.00. The standard InChI is InChI=1S/C11H11N3OS/c12-7-9-5-8(1-2-13-9)10(15)6-11-14-3-4-16-11/h1-5H,6-7,12H2. The van der Waals surface area contributed by atoms with Gasteiger partial charge in [0.2, 0.25) is 0 Å². The van der Waals surface area contributed by atoms with Gasteiger partial charge in [0.15, 0.2) is 5.78 Å². The highest BCUT2D eigenvalue weighted by molar-refractivity contribution is 7.09. The first kappa shape index (κ1) is 10.9. The number of pyridine rings is 1. The van der Waals surface area contributed by atoms with Gasteiger partial charge in [-0.3, -0.25) is 9.78 Å². The average molecular weight is 233 g/mol. The molecule has 0 aliphatic rings. The zero-order valence-electron chi connectivity index (χ0n) is 8.59. The summed E-state index contributed by atoms with van der Waals surface area (Å²) in [6.45, 7) is 0.346. The highest BCUT2D eigenvalue weighted by Gasteiger charge is 2.09. The van der Waals surface area contributed by atoms with Crippen LogP contribution in [0.3, 0.4) is 0 Å². The molecule has 16 heavy (non-hydrogen) atoms. The van der Waals surface area contributed by atoms with Gasteiger partial charge in [0.05, 0.1) is 12.1 Å². The van der Waals surface area contributed by atoms with E-state index >= 15 is 0 Å². The number of hydrogen-bond acceptors (Lipinski definition) is 5. The zero-order chi connectivity index (χ0) is 11.4. The molecule has 2 heterocycles. The molecule has 0 aliphatic carbocycles. The smallest absolute Gasteiger partial charge is 0.169 e. The van der Waals surface area contributed by atoms with Crippen LogP contribution in [0.15, 0.2) is 29.9 Å². The molecular formula is C11H11N3OS. The Balaban J connectivity index is 2.14. The van der Waals surface area contributed by atoms with Crippen LogP contribution < -0.4 is 5.73 Å². The second kappa shape index (κ2) is 4.96. The van der Waals surface area contributed by atoms with Gasteiger partial charge < -0.3 is 5.73 Å². The Labute approximate surface area is 97.2 Å². The van der Waals surface area contributed by atoms with E-state index in [1.807, 2.05) is 5.38 Å². The Morgan fingerprint density at radius 2 is 2.25 bits per heavy atom. The van der Waals surface area contributed by atoms with E-state index in [-0.39, 0.29) is 5.78 Å². The molecule has 2 rings (SSSR count). The van der Waals surface area contributed by atoms with Crippen molar-refractivity contribution in [3.05, 3.63) is 46.2 Å². The van der Waals surface area contributed by atoms with Crippen LogP contribution in [0, 0.1) is 0 Å². The number of thiazole rings is 1. The molecule has 2 aromatic heterocycles. The third kappa shape index (κ3) is 2.50. The Hall–Kier alpha value is -1.59. The van der Waals surface area contributed by atoms with Gasteiger partial charge >= 0.3 is 0 Å². The van der Waals surface area contributed by atoms with Gasteiger partial charge in [0.1, 0.15) is 5.01 Å². The van der Waals surface area contributed by atoms with Crippen LogP contribution in [0.4, 0.5) is 0 Å². The maximum absolute atomic E-state index is 11.9. The molecular weight excluding hydrogens is 222 g/mol. The lowest BCUT2D eigenvalue weighted by molar-refractivity contribution is 0.0992. The summed E-state index contributed by atoms with van der Waals surface area (Å²) in [6.07, 6.45) is 3.65. The summed E-state index contributed by atoms with van der Waals surface area (Å²) in [5.74, 6) is 0.0482. The molecule has 0 aromatic carbocycles. The van der Waals surface area contributed by atoms with Crippen molar-refractivity contribution in [2.75, 3.05) is 0 Å². The van der Waals surface area contributed by atoms with Crippen LogP contribution in [0.1, 0.15) is 21.1 Å². The van der Waals surface area contributed by atoms with Crippen LogP contribution in [0.5, 0.6) is 0 Å². The monoisotopic (exact) mass is 233 g/mol. The van der Waals surface area contributed by atoms with Gasteiger partial charge in [-0.1, -0.05) is 0 Å². The van der Waals surface area contributed by atoms with E-state index in [2.05, 4.69) is 9.97 Å². The lowest BCUT2D eigenvalue weighted by Crippen LogP contribution is -2.06. The van der Waals surface area contributed by atoms with E-state index < -0.39 is 0 Å². The van der Waals surface area contributed by atoms with Crippen LogP contribution in [-0.4, -0.2) is 15.8 Å². The van der Waals surface area contributed by atoms with Crippen LogP contribution in [0.2, 0.25) is 0 Å². The number of carbonyl (C=O) groups excluding carboxylic acids is 1. The first-order valence-corrected chi connectivity index (χ1v) is 5.74. The lowest BCUT2D eigenvalue weighted by atomic mass is 10.1. The number of rotatable bonds is 4. The van der Waals surface area contributed by atoms with Crippen LogP contribution >= 0.6 is 11.3 Å². The third-order valence-electron chi connectivity index (χ3n) is 2.14.